The van der Waals surface area contributed by atoms with Crippen molar-refractivity contribution in [1.82, 2.24) is 19.7 Å². The molecule has 0 bridgehead atoms. The fourth-order valence-corrected chi connectivity index (χ4v) is 3.42. The average molecular weight is 327 g/mol. The Bertz CT molecular complexity index is 901. The summed E-state index contributed by atoms with van der Waals surface area (Å²) < 4.78 is 21.0. The first-order chi connectivity index (χ1) is 11.7. The van der Waals surface area contributed by atoms with Crippen LogP contribution in [0.5, 0.6) is 5.75 Å². The van der Waals surface area contributed by atoms with Crippen LogP contribution in [0.2, 0.25) is 0 Å². The van der Waals surface area contributed by atoms with Crippen LogP contribution in [-0.4, -0.2) is 26.9 Å². The number of ether oxygens (including phenoxy) is 1. The molecule has 0 radical (unpaired) electrons. The van der Waals surface area contributed by atoms with E-state index in [1.54, 1.807) is 6.07 Å². The highest BCUT2D eigenvalue weighted by Gasteiger charge is 2.24. The van der Waals surface area contributed by atoms with E-state index >= 15 is 0 Å². The molecular weight excluding hydrogens is 309 g/mol. The minimum atomic E-state index is -0.386. The zero-order valence-electron chi connectivity index (χ0n) is 13.4. The fraction of sp³-hybridized carbons (Fsp3) is 0.353. The Morgan fingerprint density at radius 1 is 1.21 bits per heavy atom. The normalized spacial score (nSPS) is 15.2. The second-order valence-electron chi connectivity index (χ2n) is 6.07. The summed E-state index contributed by atoms with van der Waals surface area (Å²) in [5, 5.41) is 5.39. The summed E-state index contributed by atoms with van der Waals surface area (Å²) in [5.41, 5.74) is 7.98. The number of methoxy groups -OCH3 is 1. The van der Waals surface area contributed by atoms with Gasteiger partial charge in [-0.05, 0) is 25.0 Å². The molecule has 4 rings (SSSR count). The number of anilines is 1. The molecule has 1 aromatic carbocycles. The van der Waals surface area contributed by atoms with Crippen LogP contribution in [0.1, 0.15) is 31.7 Å². The number of nitrogens with zero attached hydrogens (tertiary/aromatic N) is 4. The second kappa shape index (κ2) is 5.74. The first-order valence-corrected chi connectivity index (χ1v) is 8.01. The molecule has 24 heavy (non-hydrogen) atoms. The van der Waals surface area contributed by atoms with E-state index in [1.807, 2.05) is 4.68 Å². The van der Waals surface area contributed by atoms with Crippen LogP contribution in [0, 0.1) is 5.82 Å². The van der Waals surface area contributed by atoms with Crippen LogP contribution in [0.15, 0.2) is 24.5 Å². The van der Waals surface area contributed by atoms with Gasteiger partial charge in [0.25, 0.3) is 0 Å². The zero-order valence-corrected chi connectivity index (χ0v) is 13.4. The highest BCUT2D eigenvalue weighted by molar-refractivity contribution is 5.98. The number of halogens is 1. The Balaban J connectivity index is 1.97. The third-order valence-electron chi connectivity index (χ3n) is 4.57. The summed E-state index contributed by atoms with van der Waals surface area (Å²) in [6.07, 6.45) is 5.92. The molecule has 0 atom stereocenters. The smallest absolute Gasteiger partial charge is 0.164 e. The zero-order chi connectivity index (χ0) is 16.7. The largest absolute Gasteiger partial charge is 0.497 e. The molecular formula is C17H18FN5O. The lowest BCUT2D eigenvalue weighted by Crippen LogP contribution is -2.07. The predicted molar refractivity (Wildman–Crippen MR) is 89.2 cm³/mol. The predicted octanol–water partition coefficient (Wildman–Crippen LogP) is 3.34. The first-order valence-electron chi connectivity index (χ1n) is 8.01. The second-order valence-corrected chi connectivity index (χ2v) is 6.07. The summed E-state index contributed by atoms with van der Waals surface area (Å²) in [7, 11) is 1.51. The number of rotatable bonds is 3. The number of nitrogen functional groups attached to an aromatic ring is 1. The number of hydrogen-bond donors (Lipinski definition) is 1. The van der Waals surface area contributed by atoms with Gasteiger partial charge in [0.1, 0.15) is 29.4 Å². The van der Waals surface area contributed by atoms with Crippen molar-refractivity contribution in [2.75, 3.05) is 12.8 Å². The van der Waals surface area contributed by atoms with Crippen molar-refractivity contribution in [3.8, 4) is 17.0 Å². The average Bonchev–Trinajstić information content (AvgIpc) is 3.22. The molecule has 1 fully saturated rings. The number of hydrogen-bond acceptors (Lipinski definition) is 5. The molecule has 2 aromatic heterocycles. The maximum atomic E-state index is 13.9. The van der Waals surface area contributed by atoms with Crippen molar-refractivity contribution >= 4 is 16.9 Å². The van der Waals surface area contributed by atoms with Crippen LogP contribution < -0.4 is 10.5 Å². The fourth-order valence-electron chi connectivity index (χ4n) is 3.42. The highest BCUT2D eigenvalue weighted by Crippen LogP contribution is 2.37. The third kappa shape index (κ3) is 2.36. The Kier molecular flexibility index (Phi) is 3.55. The summed E-state index contributed by atoms with van der Waals surface area (Å²) in [4.78, 5) is 8.47. The van der Waals surface area contributed by atoms with E-state index in [-0.39, 0.29) is 5.82 Å². The molecule has 124 valence electrons. The highest BCUT2D eigenvalue weighted by atomic mass is 19.1. The van der Waals surface area contributed by atoms with E-state index in [0.29, 0.717) is 39.9 Å². The van der Waals surface area contributed by atoms with Gasteiger partial charge in [0, 0.05) is 11.6 Å². The molecule has 1 aliphatic rings. The number of benzene rings is 1. The molecule has 2 N–H and O–H groups in total. The van der Waals surface area contributed by atoms with E-state index in [2.05, 4.69) is 9.97 Å². The van der Waals surface area contributed by atoms with Gasteiger partial charge in [-0.3, -0.25) is 0 Å². The maximum Gasteiger partial charge on any atom is 0.164 e. The summed E-state index contributed by atoms with van der Waals surface area (Å²) in [6, 6.07) is 4.80. The van der Waals surface area contributed by atoms with Crippen LogP contribution in [0.25, 0.3) is 22.3 Å². The van der Waals surface area contributed by atoms with Crippen LogP contribution in [-0.2, 0) is 0 Å². The molecule has 2 heterocycles. The quantitative estimate of drug-likeness (QED) is 0.798. The lowest BCUT2D eigenvalue weighted by Gasteiger charge is -2.10. The number of fused-ring (bicyclic) bond motifs is 1. The van der Waals surface area contributed by atoms with Crippen molar-refractivity contribution < 1.29 is 9.13 Å². The van der Waals surface area contributed by atoms with Crippen LogP contribution in [0.3, 0.4) is 0 Å². The van der Waals surface area contributed by atoms with Gasteiger partial charge >= 0.3 is 0 Å². The van der Waals surface area contributed by atoms with E-state index in [9.17, 15) is 4.39 Å². The van der Waals surface area contributed by atoms with Gasteiger partial charge in [-0.2, -0.15) is 5.10 Å². The standard InChI is InChI=1S/C17H18FN5O/c1-24-13-7-10(6-11(18)8-13)15-14-16(19)20-9-21-17(14)23(22-15)12-4-2-3-5-12/h6-9,12H,2-5H2,1H3,(H2,19,20,21). The van der Waals surface area contributed by atoms with Crippen molar-refractivity contribution in [1.29, 1.82) is 0 Å². The Labute approximate surface area is 138 Å². The van der Waals surface area contributed by atoms with Gasteiger partial charge in [0.15, 0.2) is 5.65 Å². The molecule has 0 amide bonds. The summed E-state index contributed by atoms with van der Waals surface area (Å²) in [5.74, 6) is 0.398. The molecule has 3 aromatic rings. The SMILES string of the molecule is COc1cc(F)cc(-c2nn(C3CCCC3)c3ncnc(N)c23)c1. The molecule has 0 saturated heterocycles. The summed E-state index contributed by atoms with van der Waals surface area (Å²) in [6.45, 7) is 0. The third-order valence-corrected chi connectivity index (χ3v) is 4.57. The number of nitrogens with two attached hydrogens (primary N) is 1. The van der Waals surface area contributed by atoms with Gasteiger partial charge in [0.05, 0.1) is 18.5 Å². The molecule has 1 aliphatic carbocycles. The van der Waals surface area contributed by atoms with E-state index < -0.39 is 0 Å². The van der Waals surface area contributed by atoms with E-state index in [1.165, 1.54) is 38.4 Å². The number of aromatic nitrogens is 4. The minimum absolute atomic E-state index is 0.297. The molecule has 7 heteroatoms. The Morgan fingerprint density at radius 3 is 2.75 bits per heavy atom. The first kappa shape index (κ1) is 14.9. The molecule has 6 nitrogen and oxygen atoms in total. The Hall–Kier alpha value is -2.70. The molecule has 0 aliphatic heterocycles. The van der Waals surface area contributed by atoms with Crippen molar-refractivity contribution in [3.63, 3.8) is 0 Å². The van der Waals surface area contributed by atoms with Gasteiger partial charge < -0.3 is 10.5 Å². The lowest BCUT2D eigenvalue weighted by molar-refractivity contribution is 0.411. The van der Waals surface area contributed by atoms with Crippen LogP contribution >= 0.6 is 0 Å². The van der Waals surface area contributed by atoms with Gasteiger partial charge in [-0.1, -0.05) is 12.8 Å². The molecule has 0 spiro atoms. The van der Waals surface area contributed by atoms with Gasteiger partial charge in [-0.15, -0.1) is 0 Å². The Morgan fingerprint density at radius 2 is 2.00 bits per heavy atom. The summed E-state index contributed by atoms with van der Waals surface area (Å²) >= 11 is 0. The topological polar surface area (TPSA) is 78.8 Å². The maximum absolute atomic E-state index is 13.9. The lowest BCUT2D eigenvalue weighted by atomic mass is 10.1. The minimum Gasteiger partial charge on any atom is -0.497 e. The van der Waals surface area contributed by atoms with Crippen molar-refractivity contribution in [2.24, 2.45) is 0 Å². The van der Waals surface area contributed by atoms with E-state index in [0.717, 1.165) is 12.8 Å². The van der Waals surface area contributed by atoms with Crippen LogP contribution in [0.4, 0.5) is 10.2 Å². The molecule has 1 saturated carbocycles. The van der Waals surface area contributed by atoms with Crippen molar-refractivity contribution in [3.05, 3.63) is 30.3 Å². The monoisotopic (exact) mass is 327 g/mol. The van der Waals surface area contributed by atoms with Gasteiger partial charge in [0.2, 0.25) is 0 Å². The van der Waals surface area contributed by atoms with Gasteiger partial charge in [-0.25, -0.2) is 19.0 Å². The molecule has 0 unspecified atom stereocenters. The van der Waals surface area contributed by atoms with Crippen molar-refractivity contribution in [2.45, 2.75) is 31.7 Å². The van der Waals surface area contributed by atoms with E-state index in [4.69, 9.17) is 15.6 Å².